The Morgan fingerprint density at radius 3 is 2.03 bits per heavy atom. The first-order chi connectivity index (χ1) is 33.4. The van der Waals surface area contributed by atoms with E-state index in [1.165, 1.54) is 25.2 Å². The third kappa shape index (κ3) is 18.5. The molecular weight excluding hydrogens is 945 g/mol. The van der Waals surface area contributed by atoms with Crippen molar-refractivity contribution in [3.05, 3.63) is 45.8 Å². The minimum absolute atomic E-state index is 0.0470. The van der Waals surface area contributed by atoms with E-state index in [0.29, 0.717) is 43.2 Å². The van der Waals surface area contributed by atoms with Crippen molar-refractivity contribution in [2.75, 3.05) is 86.8 Å². The average molecular weight is 1010 g/mol. The number of ether oxygens (including phenoxy) is 10. The average Bonchev–Trinajstić information content (AvgIpc) is 3.96. The van der Waals surface area contributed by atoms with Gasteiger partial charge < -0.3 is 62.9 Å². The Labute approximate surface area is 410 Å². The van der Waals surface area contributed by atoms with Gasteiger partial charge in [-0.2, -0.15) is 0 Å². The zero-order valence-electron chi connectivity index (χ0n) is 40.9. The predicted molar refractivity (Wildman–Crippen MR) is 250 cm³/mol. The summed E-state index contributed by atoms with van der Waals surface area (Å²) in [5.41, 5.74) is 0.189. The van der Waals surface area contributed by atoms with E-state index in [0.717, 1.165) is 11.3 Å². The molecule has 0 saturated carbocycles. The minimum atomic E-state index is -0.725. The number of methoxy groups -OCH3 is 2. The van der Waals surface area contributed by atoms with Gasteiger partial charge in [-0.3, -0.25) is 24.0 Å². The second kappa shape index (κ2) is 28.7. The van der Waals surface area contributed by atoms with Crippen LogP contribution in [0.2, 0.25) is 0 Å². The standard InChI is InChI=1S/C48H65F2N3O16S/c1-8-65-41(57)12-10-34(54)38-25-32-37(70-38)26-36(61-7)46(43(32)49)67-17-9-16-66-45-35(60-6)24-31-28-53(29-33(31)44(45)50)40(56)11-13-42(58)68-30(2)27-52-39(55)14-18-62-20-22-64-23-21-63-19-15-51-47(59)69-48(3,4)5/h24-26,30H,8-23,27-29H2,1-7H3,(H,51,59)(H,52,55)/t30-/m0/s1. The molecule has 4 rings (SSSR count). The first-order valence-electron chi connectivity index (χ1n) is 23.0. The summed E-state index contributed by atoms with van der Waals surface area (Å²) in [7, 11) is 2.71. The van der Waals surface area contributed by atoms with Crippen molar-refractivity contribution in [1.82, 2.24) is 15.5 Å². The summed E-state index contributed by atoms with van der Waals surface area (Å²) in [6.07, 6.45) is -1.48. The van der Waals surface area contributed by atoms with Gasteiger partial charge in [0.05, 0.1) is 97.9 Å². The fourth-order valence-corrected chi connectivity index (χ4v) is 7.76. The lowest BCUT2D eigenvalue weighted by Crippen LogP contribution is -2.34. The van der Waals surface area contributed by atoms with E-state index < -0.39 is 47.3 Å². The lowest BCUT2D eigenvalue weighted by molar-refractivity contribution is -0.150. The van der Waals surface area contributed by atoms with Crippen molar-refractivity contribution in [3.63, 3.8) is 0 Å². The molecule has 1 aliphatic heterocycles. The molecule has 0 aliphatic carbocycles. The normalized spacial score (nSPS) is 12.5. The number of rotatable bonds is 31. The lowest BCUT2D eigenvalue weighted by atomic mass is 10.1. The van der Waals surface area contributed by atoms with Crippen LogP contribution in [-0.4, -0.2) is 139 Å². The number of Topliss-reactive ketones (excluding diaryl/α,β-unsaturated/α-hetero) is 1. The Hall–Kier alpha value is -5.84. The van der Waals surface area contributed by atoms with Gasteiger partial charge in [-0.15, -0.1) is 11.3 Å². The van der Waals surface area contributed by atoms with Gasteiger partial charge in [0.15, 0.2) is 40.4 Å². The molecule has 0 saturated heterocycles. The van der Waals surface area contributed by atoms with E-state index in [1.807, 2.05) is 0 Å². The number of ketones is 1. The first kappa shape index (κ1) is 56.7. The van der Waals surface area contributed by atoms with Gasteiger partial charge in [0, 0.05) is 67.0 Å². The lowest BCUT2D eigenvalue weighted by Gasteiger charge is -2.19. The van der Waals surface area contributed by atoms with Crippen molar-refractivity contribution in [1.29, 1.82) is 0 Å². The van der Waals surface area contributed by atoms with E-state index in [-0.39, 0.29) is 142 Å². The quantitative estimate of drug-likeness (QED) is 0.0317. The number of thiophene rings is 1. The largest absolute Gasteiger partial charge is 0.493 e. The van der Waals surface area contributed by atoms with E-state index in [1.54, 1.807) is 46.8 Å². The van der Waals surface area contributed by atoms with E-state index in [2.05, 4.69) is 10.6 Å². The van der Waals surface area contributed by atoms with Gasteiger partial charge in [-0.1, -0.05) is 0 Å². The van der Waals surface area contributed by atoms with Crippen LogP contribution in [0.3, 0.4) is 0 Å². The number of fused-ring (bicyclic) bond motifs is 2. The highest BCUT2D eigenvalue weighted by atomic mass is 32.1. The smallest absolute Gasteiger partial charge is 0.407 e. The number of esters is 2. The summed E-state index contributed by atoms with van der Waals surface area (Å²) < 4.78 is 86.0. The number of carbonyl (C=O) groups excluding carboxylic acids is 6. The first-order valence-corrected chi connectivity index (χ1v) is 23.8. The van der Waals surface area contributed by atoms with E-state index in [4.69, 9.17) is 47.4 Å². The maximum Gasteiger partial charge on any atom is 0.407 e. The number of benzene rings is 2. The van der Waals surface area contributed by atoms with Gasteiger partial charge >= 0.3 is 18.0 Å². The number of nitrogens with zero attached hydrogens (tertiary/aromatic N) is 1. The molecule has 2 heterocycles. The van der Waals surface area contributed by atoms with Gasteiger partial charge in [0.25, 0.3) is 0 Å². The Kier molecular flexibility index (Phi) is 23.3. The van der Waals surface area contributed by atoms with Crippen LogP contribution < -0.4 is 29.6 Å². The van der Waals surface area contributed by atoms with Crippen LogP contribution in [0.5, 0.6) is 23.0 Å². The Bertz CT molecular complexity index is 2250. The second-order valence-corrected chi connectivity index (χ2v) is 17.8. The van der Waals surface area contributed by atoms with Gasteiger partial charge in [-0.25, -0.2) is 13.6 Å². The number of carbonyl (C=O) groups is 6. The molecular formula is C48H65F2N3O16S. The van der Waals surface area contributed by atoms with Gasteiger partial charge in [0.2, 0.25) is 11.8 Å². The molecule has 3 aromatic rings. The van der Waals surface area contributed by atoms with Crippen LogP contribution in [0.1, 0.15) is 93.9 Å². The molecule has 2 N–H and O–H groups in total. The Morgan fingerprint density at radius 1 is 0.743 bits per heavy atom. The second-order valence-electron chi connectivity index (χ2n) is 16.8. The van der Waals surface area contributed by atoms with Crippen LogP contribution >= 0.6 is 11.3 Å². The van der Waals surface area contributed by atoms with Crippen LogP contribution in [0.25, 0.3) is 10.1 Å². The number of amides is 3. The van der Waals surface area contributed by atoms with Crippen LogP contribution in [0, 0.1) is 11.6 Å². The molecule has 1 atom stereocenters. The number of hydrogen-bond acceptors (Lipinski definition) is 17. The van der Waals surface area contributed by atoms with Crippen molar-refractivity contribution in [3.8, 4) is 23.0 Å². The fraction of sp³-hybridized carbons (Fsp3) is 0.583. The van der Waals surface area contributed by atoms with Gasteiger partial charge in [0.1, 0.15) is 11.7 Å². The number of nitrogens with one attached hydrogen (secondary N) is 2. The van der Waals surface area contributed by atoms with Crippen molar-refractivity contribution < 1.29 is 84.9 Å². The SMILES string of the molecule is CCOC(=O)CCC(=O)c1cc2c(F)c(OCCCOc3c(OC)cc4c(c3F)CN(C(=O)CCC(=O)O[C@@H](C)CNC(=O)CCOCCOCCOCCNC(=O)OC(C)(C)C)C4)c(OC)cc2s1. The summed E-state index contributed by atoms with van der Waals surface area (Å²) in [5.74, 6) is -3.68. The molecule has 388 valence electrons. The molecule has 0 spiro atoms. The van der Waals surface area contributed by atoms with Crippen molar-refractivity contribution in [2.45, 2.75) is 97.9 Å². The molecule has 3 amide bonds. The topological polar surface area (TPSA) is 222 Å². The number of hydrogen-bond donors (Lipinski definition) is 2. The maximum absolute atomic E-state index is 15.9. The monoisotopic (exact) mass is 1010 g/mol. The summed E-state index contributed by atoms with van der Waals surface area (Å²) in [6, 6.07) is 4.57. The molecule has 1 aliphatic rings. The highest BCUT2D eigenvalue weighted by Gasteiger charge is 2.31. The number of halogens is 2. The third-order valence-corrected chi connectivity index (χ3v) is 11.2. The summed E-state index contributed by atoms with van der Waals surface area (Å²) in [5, 5.41) is 5.43. The molecule has 1 aromatic heterocycles. The molecule has 70 heavy (non-hydrogen) atoms. The molecule has 0 unspecified atom stereocenters. The van der Waals surface area contributed by atoms with E-state index in [9.17, 15) is 28.8 Å². The highest BCUT2D eigenvalue weighted by Crippen LogP contribution is 2.41. The summed E-state index contributed by atoms with van der Waals surface area (Å²) >= 11 is 1.07. The fourth-order valence-electron chi connectivity index (χ4n) is 6.71. The molecule has 0 fully saturated rings. The Balaban J connectivity index is 1.11. The molecule has 0 bridgehead atoms. The Morgan fingerprint density at radius 2 is 1.37 bits per heavy atom. The van der Waals surface area contributed by atoms with Crippen molar-refractivity contribution >= 4 is 57.1 Å². The minimum Gasteiger partial charge on any atom is -0.493 e. The van der Waals surface area contributed by atoms with Gasteiger partial charge in [-0.05, 0) is 52.3 Å². The predicted octanol–water partition coefficient (Wildman–Crippen LogP) is 6.21. The third-order valence-electron chi connectivity index (χ3n) is 10.1. The van der Waals surface area contributed by atoms with E-state index >= 15 is 8.78 Å². The zero-order chi connectivity index (χ0) is 51.2. The highest BCUT2D eigenvalue weighted by molar-refractivity contribution is 7.20. The summed E-state index contributed by atoms with van der Waals surface area (Å²) in [4.78, 5) is 75.6. The maximum atomic E-state index is 15.9. The zero-order valence-corrected chi connectivity index (χ0v) is 41.7. The van der Waals surface area contributed by atoms with Crippen LogP contribution in [0.4, 0.5) is 13.6 Å². The van der Waals surface area contributed by atoms with Crippen LogP contribution in [-0.2, 0) is 60.7 Å². The number of alkyl carbamates (subject to hydrolysis) is 1. The summed E-state index contributed by atoms with van der Waals surface area (Å²) in [6.45, 7) is 10.8. The molecule has 0 radical (unpaired) electrons. The van der Waals surface area contributed by atoms with Crippen molar-refractivity contribution in [2.24, 2.45) is 0 Å². The van der Waals surface area contributed by atoms with Crippen LogP contribution in [0.15, 0.2) is 18.2 Å². The molecule has 19 nitrogen and oxygen atoms in total. The molecule has 22 heteroatoms. The molecule has 2 aromatic carbocycles.